The molecule has 0 aromatic carbocycles. The van der Waals surface area contributed by atoms with Crippen LogP contribution in [0.4, 0.5) is 0 Å². The summed E-state index contributed by atoms with van der Waals surface area (Å²) in [6, 6.07) is 0. The van der Waals surface area contributed by atoms with Crippen LogP contribution in [0.25, 0.3) is 0 Å². The molecule has 0 aliphatic carbocycles. The Morgan fingerprint density at radius 1 is 0.339 bits per heavy atom. The average Bonchev–Trinajstić information content (AvgIpc) is 3.23. The molecule has 350 valence electrons. The van der Waals surface area contributed by atoms with Crippen LogP contribution < -0.4 is 0 Å². The predicted molar refractivity (Wildman–Crippen MR) is 252 cm³/mol. The van der Waals surface area contributed by atoms with Gasteiger partial charge in [0.05, 0.1) is 0 Å². The first kappa shape index (κ1) is 57.4. The molecule has 0 bridgehead atoms. The molecule has 1 unspecified atom stereocenters. The molecule has 0 amide bonds. The third kappa shape index (κ3) is 45.8. The van der Waals surface area contributed by atoms with E-state index < -0.39 is 6.10 Å². The number of hydrogen-bond donors (Lipinski definition) is 0. The lowest BCUT2D eigenvalue weighted by atomic mass is 9.99. The zero-order chi connectivity index (χ0) is 43.1. The summed E-state index contributed by atoms with van der Waals surface area (Å²) in [5, 5.41) is 0. The molecule has 0 saturated carbocycles. The van der Waals surface area contributed by atoms with Crippen LogP contribution in [0.2, 0.25) is 0 Å². The summed E-state index contributed by atoms with van der Waals surface area (Å²) in [4.78, 5) is 38.0. The van der Waals surface area contributed by atoms with Crippen LogP contribution in [-0.4, -0.2) is 37.2 Å². The molecule has 0 aliphatic rings. The maximum atomic E-state index is 12.8. The minimum atomic E-state index is -0.760. The third-order valence-electron chi connectivity index (χ3n) is 12.4. The monoisotopic (exact) mass is 835 g/mol. The van der Waals surface area contributed by atoms with Crippen molar-refractivity contribution in [3.05, 3.63) is 0 Å². The van der Waals surface area contributed by atoms with Crippen molar-refractivity contribution in [2.75, 3.05) is 13.2 Å². The lowest BCUT2D eigenvalue weighted by molar-refractivity contribution is -0.167. The Balaban J connectivity index is 4.32. The van der Waals surface area contributed by atoms with Crippen molar-refractivity contribution >= 4 is 17.9 Å². The topological polar surface area (TPSA) is 78.9 Å². The lowest BCUT2D eigenvalue weighted by Crippen LogP contribution is -2.30. The van der Waals surface area contributed by atoms with Crippen molar-refractivity contribution in [2.24, 2.45) is 5.92 Å². The van der Waals surface area contributed by atoms with E-state index in [4.69, 9.17) is 14.2 Å². The fraction of sp³-hybridized carbons (Fsp3) is 0.943. The van der Waals surface area contributed by atoms with Crippen molar-refractivity contribution in [3.8, 4) is 0 Å². The van der Waals surface area contributed by atoms with Gasteiger partial charge in [-0.25, -0.2) is 0 Å². The van der Waals surface area contributed by atoms with E-state index >= 15 is 0 Å². The Labute approximate surface area is 368 Å². The number of carbonyl (C=O) groups is 3. The molecule has 0 aromatic heterocycles. The Morgan fingerprint density at radius 2 is 0.593 bits per heavy atom. The lowest BCUT2D eigenvalue weighted by Gasteiger charge is -2.18. The van der Waals surface area contributed by atoms with Crippen molar-refractivity contribution < 1.29 is 28.6 Å². The van der Waals surface area contributed by atoms with Gasteiger partial charge in [0.1, 0.15) is 13.2 Å². The summed E-state index contributed by atoms with van der Waals surface area (Å²) in [6.45, 7) is 9.05. The smallest absolute Gasteiger partial charge is 0.306 e. The summed E-state index contributed by atoms with van der Waals surface area (Å²) in [7, 11) is 0. The maximum absolute atomic E-state index is 12.8. The van der Waals surface area contributed by atoms with Gasteiger partial charge in [0.2, 0.25) is 0 Å². The first-order chi connectivity index (χ1) is 28.9. The Kier molecular flexibility index (Phi) is 46.2. The number of hydrogen-bond acceptors (Lipinski definition) is 6. The summed E-state index contributed by atoms with van der Waals surface area (Å²) in [5.41, 5.74) is 0. The second-order valence-electron chi connectivity index (χ2n) is 18.4. The largest absolute Gasteiger partial charge is 0.462 e. The second-order valence-corrected chi connectivity index (χ2v) is 18.4. The molecule has 0 aliphatic heterocycles. The van der Waals surface area contributed by atoms with Crippen LogP contribution in [0.1, 0.15) is 297 Å². The SMILES string of the molecule is CCCCCCCCCCCCCCCCC(=O)O[C@@H](COC(=O)CCCCCCCCCCCCCCC)COC(=O)CCCCCCCCCCCCC(C)CC. The molecule has 0 radical (unpaired) electrons. The van der Waals surface area contributed by atoms with E-state index in [-0.39, 0.29) is 31.1 Å². The molecule has 6 heteroatoms. The van der Waals surface area contributed by atoms with Gasteiger partial charge in [0, 0.05) is 19.3 Å². The third-order valence-corrected chi connectivity index (χ3v) is 12.4. The summed E-state index contributed by atoms with van der Waals surface area (Å²) < 4.78 is 16.8. The molecule has 0 N–H and O–H groups in total. The van der Waals surface area contributed by atoms with Gasteiger partial charge in [-0.3, -0.25) is 14.4 Å². The molecule has 0 fully saturated rings. The van der Waals surface area contributed by atoms with Gasteiger partial charge < -0.3 is 14.2 Å². The highest BCUT2D eigenvalue weighted by atomic mass is 16.6. The van der Waals surface area contributed by atoms with E-state index in [0.29, 0.717) is 19.3 Å². The number of ether oxygens (including phenoxy) is 3. The molecule has 0 saturated heterocycles. The van der Waals surface area contributed by atoms with Crippen LogP contribution in [0.5, 0.6) is 0 Å². The fourth-order valence-electron chi connectivity index (χ4n) is 8.01. The fourth-order valence-corrected chi connectivity index (χ4v) is 8.01. The van der Waals surface area contributed by atoms with Crippen LogP contribution in [0.15, 0.2) is 0 Å². The first-order valence-corrected chi connectivity index (χ1v) is 26.4. The minimum Gasteiger partial charge on any atom is -0.462 e. The van der Waals surface area contributed by atoms with Gasteiger partial charge in [-0.2, -0.15) is 0 Å². The highest BCUT2D eigenvalue weighted by molar-refractivity contribution is 5.71. The van der Waals surface area contributed by atoms with Gasteiger partial charge in [0.25, 0.3) is 0 Å². The number of carbonyl (C=O) groups excluding carboxylic acids is 3. The Hall–Kier alpha value is -1.59. The summed E-state index contributed by atoms with van der Waals surface area (Å²) in [5.74, 6) is 0.0272. The van der Waals surface area contributed by atoms with E-state index in [0.717, 1.165) is 63.7 Å². The zero-order valence-corrected chi connectivity index (χ0v) is 40.2. The van der Waals surface area contributed by atoms with Gasteiger partial charge in [-0.05, 0) is 25.2 Å². The quantitative estimate of drug-likeness (QED) is 0.0345. The molecule has 59 heavy (non-hydrogen) atoms. The number of esters is 3. The molecule has 0 rings (SSSR count). The highest BCUT2D eigenvalue weighted by Gasteiger charge is 2.19. The molecule has 6 nitrogen and oxygen atoms in total. The Bertz CT molecular complexity index is 889. The van der Waals surface area contributed by atoms with Crippen molar-refractivity contribution in [2.45, 2.75) is 303 Å². The molecule has 0 heterocycles. The van der Waals surface area contributed by atoms with E-state index in [1.807, 2.05) is 0 Å². The zero-order valence-electron chi connectivity index (χ0n) is 40.2. The van der Waals surface area contributed by atoms with Crippen LogP contribution in [0.3, 0.4) is 0 Å². The van der Waals surface area contributed by atoms with Gasteiger partial charge in [-0.1, -0.05) is 259 Å². The van der Waals surface area contributed by atoms with E-state index in [1.54, 1.807) is 0 Å². The standard InChI is InChI=1S/C53H102O6/c1-5-8-10-12-14-16-18-20-22-24-30-34-38-42-46-53(56)59-50(47-57-51(54)44-40-36-32-28-23-21-19-17-15-13-11-9-6-2)48-58-52(55)45-41-37-33-29-26-25-27-31-35-39-43-49(4)7-3/h49-50H,5-48H2,1-4H3/t49?,50-/m0/s1. The van der Waals surface area contributed by atoms with Gasteiger partial charge >= 0.3 is 17.9 Å². The normalized spacial score (nSPS) is 12.4. The predicted octanol–water partition coefficient (Wildman–Crippen LogP) is 17.1. The van der Waals surface area contributed by atoms with Crippen LogP contribution in [0, 0.1) is 5.92 Å². The highest BCUT2D eigenvalue weighted by Crippen LogP contribution is 2.18. The molecule has 0 spiro atoms. The van der Waals surface area contributed by atoms with E-state index in [1.165, 1.54) is 193 Å². The van der Waals surface area contributed by atoms with E-state index in [9.17, 15) is 14.4 Å². The molecular formula is C53H102O6. The van der Waals surface area contributed by atoms with E-state index in [2.05, 4.69) is 27.7 Å². The summed E-state index contributed by atoms with van der Waals surface area (Å²) >= 11 is 0. The first-order valence-electron chi connectivity index (χ1n) is 26.4. The van der Waals surface area contributed by atoms with Crippen LogP contribution in [-0.2, 0) is 28.6 Å². The number of unbranched alkanes of at least 4 members (excludes halogenated alkanes) is 34. The molecule has 2 atom stereocenters. The maximum Gasteiger partial charge on any atom is 0.306 e. The molecular weight excluding hydrogens is 733 g/mol. The minimum absolute atomic E-state index is 0.0626. The van der Waals surface area contributed by atoms with Gasteiger partial charge in [-0.15, -0.1) is 0 Å². The Morgan fingerprint density at radius 3 is 0.881 bits per heavy atom. The summed E-state index contributed by atoms with van der Waals surface area (Å²) in [6.07, 6.45) is 49.3. The van der Waals surface area contributed by atoms with Crippen molar-refractivity contribution in [1.82, 2.24) is 0 Å². The number of rotatable bonds is 48. The second kappa shape index (κ2) is 47.5. The molecule has 0 aromatic rings. The van der Waals surface area contributed by atoms with Gasteiger partial charge in [0.15, 0.2) is 6.10 Å². The average molecular weight is 835 g/mol. The van der Waals surface area contributed by atoms with Crippen LogP contribution >= 0.6 is 0 Å². The van der Waals surface area contributed by atoms with Crippen molar-refractivity contribution in [3.63, 3.8) is 0 Å². The van der Waals surface area contributed by atoms with Crippen molar-refractivity contribution in [1.29, 1.82) is 0 Å².